The quantitative estimate of drug-likeness (QED) is 0.581. The van der Waals surface area contributed by atoms with Gasteiger partial charge in [0.25, 0.3) is 0 Å². The molecule has 8 heteroatoms. The molecule has 1 unspecified atom stereocenters. The maximum atomic E-state index is 13.2. The molecule has 2 N–H and O–H groups in total. The van der Waals surface area contributed by atoms with E-state index in [4.69, 9.17) is 4.42 Å². The molecule has 0 bridgehead atoms. The summed E-state index contributed by atoms with van der Waals surface area (Å²) >= 11 is 0. The Morgan fingerprint density at radius 3 is 2.28 bits per heavy atom. The smallest absolute Gasteiger partial charge is 0.313 e. The maximum Gasteiger partial charge on any atom is 0.313 e. The van der Waals surface area contributed by atoms with Crippen molar-refractivity contribution in [1.29, 1.82) is 0 Å². The molecule has 166 valence electrons. The lowest BCUT2D eigenvalue weighted by Crippen LogP contribution is -2.50. The van der Waals surface area contributed by atoms with E-state index in [1.165, 1.54) is 12.1 Å². The molecular formula is C24H25FN4O3. The van der Waals surface area contributed by atoms with Crippen LogP contribution in [0.1, 0.15) is 11.8 Å². The first kappa shape index (κ1) is 21.6. The summed E-state index contributed by atoms with van der Waals surface area (Å²) in [5.41, 5.74) is 1.54. The lowest BCUT2D eigenvalue weighted by Gasteiger charge is -2.39. The third-order valence-electron chi connectivity index (χ3n) is 5.51. The van der Waals surface area contributed by atoms with Crippen LogP contribution in [0.2, 0.25) is 0 Å². The molecule has 4 rings (SSSR count). The predicted molar refractivity (Wildman–Crippen MR) is 120 cm³/mol. The highest BCUT2D eigenvalue weighted by Gasteiger charge is 2.28. The zero-order valence-corrected chi connectivity index (χ0v) is 17.5. The molecule has 3 aromatic rings. The second kappa shape index (κ2) is 10.1. The Morgan fingerprint density at radius 1 is 0.906 bits per heavy atom. The van der Waals surface area contributed by atoms with Crippen LogP contribution < -0.4 is 15.5 Å². The Bertz CT molecular complexity index is 1020. The first-order chi connectivity index (χ1) is 15.6. The van der Waals surface area contributed by atoms with Gasteiger partial charge >= 0.3 is 11.8 Å². The van der Waals surface area contributed by atoms with E-state index in [9.17, 15) is 14.0 Å². The third kappa shape index (κ3) is 5.33. The fourth-order valence-electron chi connectivity index (χ4n) is 3.81. The summed E-state index contributed by atoms with van der Waals surface area (Å²) in [6, 6.07) is 18.8. The number of hydrogen-bond donors (Lipinski definition) is 2. The Labute approximate surface area is 185 Å². The van der Waals surface area contributed by atoms with E-state index in [2.05, 4.69) is 20.4 Å². The van der Waals surface area contributed by atoms with Gasteiger partial charge in [0.05, 0.1) is 12.3 Å². The molecule has 0 spiro atoms. The van der Waals surface area contributed by atoms with E-state index in [0.717, 1.165) is 37.6 Å². The van der Waals surface area contributed by atoms with Crippen molar-refractivity contribution in [2.75, 3.05) is 42.9 Å². The van der Waals surface area contributed by atoms with Crippen molar-refractivity contribution in [3.8, 4) is 0 Å². The van der Waals surface area contributed by atoms with Crippen molar-refractivity contribution in [3.05, 3.63) is 84.6 Å². The van der Waals surface area contributed by atoms with Crippen LogP contribution in [0.5, 0.6) is 0 Å². The number of furan rings is 1. The number of rotatable bonds is 6. The number of carbonyl (C=O) groups is 2. The second-order valence-corrected chi connectivity index (χ2v) is 7.56. The summed E-state index contributed by atoms with van der Waals surface area (Å²) in [6.07, 6.45) is 1.60. The summed E-state index contributed by atoms with van der Waals surface area (Å²) in [4.78, 5) is 29.0. The molecule has 0 saturated carbocycles. The SMILES string of the molecule is O=C(NCC(c1ccco1)N1CCN(c2ccc(F)cc2)CC1)C(=O)Nc1ccccc1. The molecule has 1 fully saturated rings. The number of carbonyl (C=O) groups excluding carboxylic acids is 2. The van der Waals surface area contributed by atoms with E-state index in [0.29, 0.717) is 5.69 Å². The number of piperazine rings is 1. The largest absolute Gasteiger partial charge is 0.468 e. The van der Waals surface area contributed by atoms with Crippen molar-refractivity contribution in [3.63, 3.8) is 0 Å². The van der Waals surface area contributed by atoms with Gasteiger partial charge in [-0.15, -0.1) is 0 Å². The summed E-state index contributed by atoms with van der Waals surface area (Å²) in [5.74, 6) is -0.938. The van der Waals surface area contributed by atoms with Crippen molar-refractivity contribution < 1.29 is 18.4 Å². The predicted octanol–water partition coefficient (Wildman–Crippen LogP) is 3.04. The number of benzene rings is 2. The second-order valence-electron chi connectivity index (χ2n) is 7.56. The number of para-hydroxylation sites is 1. The van der Waals surface area contributed by atoms with Gasteiger partial charge in [-0.25, -0.2) is 4.39 Å². The molecule has 0 aliphatic carbocycles. The topological polar surface area (TPSA) is 77.8 Å². The molecule has 7 nitrogen and oxygen atoms in total. The van der Waals surface area contributed by atoms with E-state index >= 15 is 0 Å². The van der Waals surface area contributed by atoms with Crippen molar-refractivity contribution in [1.82, 2.24) is 10.2 Å². The minimum absolute atomic E-state index is 0.200. The van der Waals surface area contributed by atoms with E-state index in [-0.39, 0.29) is 18.4 Å². The van der Waals surface area contributed by atoms with Gasteiger partial charge in [-0.05, 0) is 48.5 Å². The zero-order chi connectivity index (χ0) is 22.3. The molecule has 2 aromatic carbocycles. The maximum absolute atomic E-state index is 13.2. The standard InChI is InChI=1S/C24H25FN4O3/c25-18-8-10-20(11-9-18)28-12-14-29(15-13-28)21(22-7-4-16-32-22)17-26-23(30)24(31)27-19-5-2-1-3-6-19/h1-11,16,21H,12-15,17H2,(H,26,30)(H,27,31). The average Bonchev–Trinajstić information content (AvgIpc) is 3.35. The summed E-state index contributed by atoms with van der Waals surface area (Å²) in [7, 11) is 0. The Morgan fingerprint density at radius 2 is 1.62 bits per heavy atom. The Balaban J connectivity index is 1.35. The van der Waals surface area contributed by atoms with Gasteiger partial charge in [0.2, 0.25) is 0 Å². The molecule has 1 aliphatic rings. The number of anilines is 2. The molecular weight excluding hydrogens is 411 g/mol. The first-order valence-electron chi connectivity index (χ1n) is 10.5. The van der Waals surface area contributed by atoms with Gasteiger partial charge in [0.15, 0.2) is 0 Å². The average molecular weight is 436 g/mol. The molecule has 1 aliphatic heterocycles. The fraction of sp³-hybridized carbons (Fsp3) is 0.250. The normalized spacial score (nSPS) is 15.2. The molecule has 1 atom stereocenters. The van der Waals surface area contributed by atoms with Crippen molar-refractivity contribution in [2.45, 2.75) is 6.04 Å². The van der Waals surface area contributed by atoms with Gasteiger partial charge in [0, 0.05) is 44.1 Å². The van der Waals surface area contributed by atoms with Gasteiger partial charge in [-0.1, -0.05) is 18.2 Å². The lowest BCUT2D eigenvalue weighted by atomic mass is 10.1. The minimum Gasteiger partial charge on any atom is -0.468 e. The molecule has 32 heavy (non-hydrogen) atoms. The highest BCUT2D eigenvalue weighted by Crippen LogP contribution is 2.24. The lowest BCUT2D eigenvalue weighted by molar-refractivity contribution is -0.136. The van der Waals surface area contributed by atoms with Crippen LogP contribution >= 0.6 is 0 Å². The Hall–Kier alpha value is -3.65. The number of nitrogens with one attached hydrogen (secondary N) is 2. The highest BCUT2D eigenvalue weighted by atomic mass is 19.1. The first-order valence-corrected chi connectivity index (χ1v) is 10.5. The number of nitrogens with zero attached hydrogens (tertiary/aromatic N) is 2. The van der Waals surface area contributed by atoms with Gasteiger partial charge < -0.3 is 20.0 Å². The van der Waals surface area contributed by atoms with Crippen LogP contribution in [-0.4, -0.2) is 49.4 Å². The van der Waals surface area contributed by atoms with Gasteiger partial charge in [0.1, 0.15) is 11.6 Å². The van der Waals surface area contributed by atoms with E-state index < -0.39 is 11.8 Å². The third-order valence-corrected chi connectivity index (χ3v) is 5.51. The molecule has 0 radical (unpaired) electrons. The van der Waals surface area contributed by atoms with Gasteiger partial charge in [-0.3, -0.25) is 14.5 Å². The van der Waals surface area contributed by atoms with Crippen LogP contribution in [0.4, 0.5) is 15.8 Å². The molecule has 2 heterocycles. The Kier molecular flexibility index (Phi) is 6.81. The monoisotopic (exact) mass is 436 g/mol. The van der Waals surface area contributed by atoms with Crippen LogP contribution in [0.15, 0.2) is 77.4 Å². The summed E-state index contributed by atoms with van der Waals surface area (Å²) in [5, 5.41) is 5.32. The summed E-state index contributed by atoms with van der Waals surface area (Å²) in [6.45, 7) is 3.21. The zero-order valence-electron chi connectivity index (χ0n) is 17.5. The molecule has 2 amide bonds. The van der Waals surface area contributed by atoms with E-state index in [1.807, 2.05) is 12.1 Å². The van der Waals surface area contributed by atoms with Crippen molar-refractivity contribution in [2.24, 2.45) is 0 Å². The van der Waals surface area contributed by atoms with Gasteiger partial charge in [-0.2, -0.15) is 0 Å². The highest BCUT2D eigenvalue weighted by molar-refractivity contribution is 6.39. The molecule has 1 saturated heterocycles. The number of hydrogen-bond acceptors (Lipinski definition) is 5. The molecule has 1 aromatic heterocycles. The number of amides is 2. The minimum atomic E-state index is -0.712. The van der Waals surface area contributed by atoms with Crippen molar-refractivity contribution >= 4 is 23.2 Å². The number of halogens is 1. The van der Waals surface area contributed by atoms with Crippen LogP contribution in [0.3, 0.4) is 0 Å². The van der Waals surface area contributed by atoms with Crippen LogP contribution in [0.25, 0.3) is 0 Å². The van der Waals surface area contributed by atoms with E-state index in [1.54, 1.807) is 48.7 Å². The van der Waals surface area contributed by atoms with Crippen LogP contribution in [0, 0.1) is 5.82 Å². The fourth-order valence-corrected chi connectivity index (χ4v) is 3.81. The van der Waals surface area contributed by atoms with Crippen LogP contribution in [-0.2, 0) is 9.59 Å². The summed E-state index contributed by atoms with van der Waals surface area (Å²) < 4.78 is 18.8.